The topological polar surface area (TPSA) is 214 Å². The summed E-state index contributed by atoms with van der Waals surface area (Å²) in [5.41, 5.74) is -1.99. The van der Waals surface area contributed by atoms with Crippen LogP contribution in [0.4, 0.5) is 0 Å². The monoisotopic (exact) mass is 822 g/mol. The van der Waals surface area contributed by atoms with Crippen molar-refractivity contribution in [3.8, 4) is 0 Å². The second-order valence-electron chi connectivity index (χ2n) is 21.5. The lowest BCUT2D eigenvalue weighted by Gasteiger charge is -2.73. The quantitative estimate of drug-likeness (QED) is 0.112. The molecule has 4 unspecified atom stereocenters. The average molecular weight is 823 g/mol. The number of aliphatic hydroxyl groups excluding tert-OH is 7. The van der Waals surface area contributed by atoms with E-state index < -0.39 is 97.2 Å². The van der Waals surface area contributed by atoms with Crippen LogP contribution in [-0.2, 0) is 33.2 Å². The van der Waals surface area contributed by atoms with Gasteiger partial charge in [-0.25, -0.2) is 0 Å². The Kier molecular flexibility index (Phi) is 10.8. The highest BCUT2D eigenvalue weighted by molar-refractivity contribution is 5.66. The molecule has 58 heavy (non-hydrogen) atoms. The maximum atomic E-state index is 12.2. The van der Waals surface area contributed by atoms with Gasteiger partial charge in [-0.15, -0.1) is 0 Å². The van der Waals surface area contributed by atoms with Crippen molar-refractivity contribution >= 4 is 5.97 Å². The molecular formula is C44H70O14. The molecule has 1 spiro atoms. The van der Waals surface area contributed by atoms with E-state index in [9.17, 15) is 40.5 Å². The molecule has 8 aliphatic rings. The first-order chi connectivity index (χ1) is 27.1. The van der Waals surface area contributed by atoms with Gasteiger partial charge in [0.2, 0.25) is 0 Å². The van der Waals surface area contributed by atoms with E-state index >= 15 is 0 Å². The number of allylic oxidation sites excluding steroid dienone is 1. The zero-order valence-corrected chi connectivity index (χ0v) is 35.6. The summed E-state index contributed by atoms with van der Waals surface area (Å²) < 4.78 is 36.6. The number of hydrogen-bond donors (Lipinski definition) is 7. The molecule has 7 N–H and O–H groups in total. The molecule has 21 atom stereocenters. The molecule has 3 heterocycles. The number of aliphatic hydroxyl groups is 7. The lowest BCUT2D eigenvalue weighted by Crippen LogP contribution is -2.72. The molecule has 14 nitrogen and oxygen atoms in total. The van der Waals surface area contributed by atoms with Crippen LogP contribution in [0.25, 0.3) is 0 Å². The van der Waals surface area contributed by atoms with Gasteiger partial charge in [-0.3, -0.25) is 4.79 Å². The first-order valence-electron chi connectivity index (χ1n) is 21.8. The molecule has 5 aliphatic carbocycles. The molecule has 0 aromatic rings. The summed E-state index contributed by atoms with van der Waals surface area (Å²) in [6.07, 6.45) is -3.53. The second kappa shape index (κ2) is 14.4. The summed E-state index contributed by atoms with van der Waals surface area (Å²) in [5, 5.41) is 77.9. The van der Waals surface area contributed by atoms with E-state index in [1.54, 1.807) is 6.92 Å². The van der Waals surface area contributed by atoms with E-state index in [0.717, 1.165) is 45.4 Å². The molecule has 8 rings (SSSR count). The fraction of sp³-hybridized carbons (Fsp3) is 0.932. The number of esters is 1. The minimum Gasteiger partial charge on any atom is -0.457 e. The van der Waals surface area contributed by atoms with Gasteiger partial charge < -0.3 is 64.2 Å². The molecule has 0 aromatic heterocycles. The highest BCUT2D eigenvalue weighted by atomic mass is 16.7. The summed E-state index contributed by atoms with van der Waals surface area (Å²) in [6, 6.07) is 0. The van der Waals surface area contributed by atoms with Gasteiger partial charge in [0.15, 0.2) is 18.7 Å². The third-order valence-corrected chi connectivity index (χ3v) is 18.2. The fourth-order valence-electron chi connectivity index (χ4n) is 14.6. The number of ether oxygens (including phenoxy) is 6. The SMILES string of the molecule is CC(=O)O[C@@H]1[C@@H](O)[C@H](O[C@H]2[C@@H](O)[C@@H](C)O[C@@H](O[C@H]3CC[C@@]4(C)C(CC[C@]5(C)C4C=CC46OCC7(CCC(C)(C)C[C@H]74)[C@H](O)C[C@]65C)[C@]3(C)CO)[C@@H]2O)O[C@H](CO)[C@H]1O. The van der Waals surface area contributed by atoms with Crippen molar-refractivity contribution in [1.82, 2.24) is 0 Å². The maximum absolute atomic E-state index is 12.2. The highest BCUT2D eigenvalue weighted by Crippen LogP contribution is 2.79. The van der Waals surface area contributed by atoms with Crippen molar-refractivity contribution in [3.05, 3.63) is 12.2 Å². The molecule has 3 aliphatic heterocycles. The van der Waals surface area contributed by atoms with Crippen LogP contribution in [0.5, 0.6) is 0 Å². The van der Waals surface area contributed by atoms with Gasteiger partial charge in [-0.05, 0) is 86.4 Å². The molecule has 330 valence electrons. The molecule has 2 bridgehead atoms. The minimum absolute atomic E-state index is 0.0245. The maximum Gasteiger partial charge on any atom is 0.303 e. The first kappa shape index (κ1) is 43.4. The Hall–Kier alpha value is -1.27. The van der Waals surface area contributed by atoms with Gasteiger partial charge in [0.25, 0.3) is 0 Å². The Balaban J connectivity index is 1.04. The lowest BCUT2D eigenvalue weighted by atomic mass is 9.32. The van der Waals surface area contributed by atoms with Crippen molar-refractivity contribution in [2.24, 2.45) is 50.2 Å². The number of fused-ring (bicyclic) bond motifs is 4. The zero-order chi connectivity index (χ0) is 42.2. The second-order valence-corrected chi connectivity index (χ2v) is 21.5. The van der Waals surface area contributed by atoms with E-state index in [4.69, 9.17) is 28.4 Å². The predicted molar refractivity (Wildman–Crippen MR) is 206 cm³/mol. The van der Waals surface area contributed by atoms with Crippen LogP contribution < -0.4 is 0 Å². The Morgan fingerprint density at radius 1 is 0.793 bits per heavy atom. The Morgan fingerprint density at radius 3 is 2.16 bits per heavy atom. The summed E-state index contributed by atoms with van der Waals surface area (Å²) >= 11 is 0. The lowest BCUT2D eigenvalue weighted by molar-refractivity contribution is -0.367. The average Bonchev–Trinajstić information content (AvgIpc) is 3.44. The molecule has 3 saturated heterocycles. The van der Waals surface area contributed by atoms with E-state index in [1.165, 1.54) is 0 Å². The van der Waals surface area contributed by atoms with Crippen LogP contribution in [-0.4, -0.2) is 141 Å². The van der Waals surface area contributed by atoms with Crippen LogP contribution in [0.2, 0.25) is 0 Å². The van der Waals surface area contributed by atoms with Crippen molar-refractivity contribution in [2.75, 3.05) is 19.8 Å². The van der Waals surface area contributed by atoms with Crippen LogP contribution in [0.3, 0.4) is 0 Å². The van der Waals surface area contributed by atoms with Gasteiger partial charge in [0.1, 0.15) is 36.6 Å². The van der Waals surface area contributed by atoms with E-state index in [0.29, 0.717) is 19.4 Å². The smallest absolute Gasteiger partial charge is 0.303 e. The standard InChI is InChI=1S/C44H70O14/c1-22-30(49)34(58-37-33(52)35(55-23(2)47)31(50)24(19-45)56-37)32(51)36(54-22)57-29-11-12-39(5)25(40(29,6)20-46)9-13-41(7)26(39)10-14-44-27-17-38(3,4)15-16-43(27,21-53-44)28(48)18-42(41,44)8/h10,14,22,24-37,45-46,48-52H,9,11-13,15-21H2,1-8H3/t22-,24-,25?,26?,27-,28-,29+,30+,31-,32-,33-,34+,35+,36+,37+,39+,40+,41-,42+,43?,44?/m1/s1. The first-order valence-corrected chi connectivity index (χ1v) is 21.8. The normalized spacial score (nSPS) is 57.1. The summed E-state index contributed by atoms with van der Waals surface area (Å²) in [4.78, 5) is 11.8. The van der Waals surface area contributed by atoms with E-state index in [1.807, 2.05) is 0 Å². The molecule has 7 fully saturated rings. The van der Waals surface area contributed by atoms with Crippen LogP contribution in [0, 0.1) is 50.2 Å². The van der Waals surface area contributed by atoms with Gasteiger partial charge in [-0.1, -0.05) is 53.7 Å². The van der Waals surface area contributed by atoms with Gasteiger partial charge >= 0.3 is 5.97 Å². The molecular weight excluding hydrogens is 752 g/mol. The molecule has 14 heteroatoms. The van der Waals surface area contributed by atoms with Gasteiger partial charge in [0, 0.05) is 29.1 Å². The number of carbonyl (C=O) groups excluding carboxylic acids is 1. The third-order valence-electron chi connectivity index (χ3n) is 18.2. The number of rotatable bonds is 7. The van der Waals surface area contributed by atoms with Crippen molar-refractivity contribution < 1.29 is 69.0 Å². The van der Waals surface area contributed by atoms with Crippen molar-refractivity contribution in [3.63, 3.8) is 0 Å². The Labute approximate surface area is 342 Å². The van der Waals surface area contributed by atoms with E-state index in [2.05, 4.69) is 53.7 Å². The van der Waals surface area contributed by atoms with Crippen molar-refractivity contribution in [2.45, 2.75) is 186 Å². The minimum atomic E-state index is -1.72. The molecule has 4 saturated carbocycles. The highest BCUT2D eigenvalue weighted by Gasteiger charge is 2.79. The van der Waals surface area contributed by atoms with E-state index in [-0.39, 0.29) is 51.4 Å². The summed E-state index contributed by atoms with van der Waals surface area (Å²) in [5.74, 6) is -0.369. The Morgan fingerprint density at radius 2 is 1.48 bits per heavy atom. The van der Waals surface area contributed by atoms with Crippen LogP contribution in [0.15, 0.2) is 12.2 Å². The molecule has 0 aromatic carbocycles. The fourth-order valence-corrected chi connectivity index (χ4v) is 14.6. The largest absolute Gasteiger partial charge is 0.457 e. The molecule has 0 amide bonds. The van der Waals surface area contributed by atoms with Crippen molar-refractivity contribution in [1.29, 1.82) is 0 Å². The number of carbonyl (C=O) groups is 1. The van der Waals surface area contributed by atoms with Crippen LogP contribution in [0.1, 0.15) is 107 Å². The van der Waals surface area contributed by atoms with Gasteiger partial charge in [-0.2, -0.15) is 0 Å². The van der Waals surface area contributed by atoms with Gasteiger partial charge in [0.05, 0.1) is 43.7 Å². The third kappa shape index (κ3) is 5.89. The summed E-state index contributed by atoms with van der Waals surface area (Å²) in [6.45, 7) is 16.4. The van der Waals surface area contributed by atoms with Crippen LogP contribution >= 0.6 is 0 Å². The summed E-state index contributed by atoms with van der Waals surface area (Å²) in [7, 11) is 0. The zero-order valence-electron chi connectivity index (χ0n) is 35.6. The number of hydrogen-bond acceptors (Lipinski definition) is 14. The molecule has 0 radical (unpaired) electrons. The predicted octanol–water partition coefficient (Wildman–Crippen LogP) is 2.35. The Bertz CT molecular complexity index is 1610.